The fourth-order valence-electron chi connectivity index (χ4n) is 2.97. The summed E-state index contributed by atoms with van der Waals surface area (Å²) in [5, 5.41) is 0. The summed E-state index contributed by atoms with van der Waals surface area (Å²) in [4.78, 5) is 18.6. The zero-order valence-corrected chi connectivity index (χ0v) is 17.6. The minimum absolute atomic E-state index is 0.169. The number of methoxy groups -OCH3 is 1. The first-order chi connectivity index (χ1) is 14.3. The Labute approximate surface area is 176 Å². The minimum Gasteiger partial charge on any atom is -0.494 e. The standard InChI is InChI=1S/C24H25FN2O3/c1-24(2,3)30-23(28)18-8-5-9-19(13-18)27(16-17-7-6-12-26-15-17)20-10-11-22(29-4)21(25)14-20/h5-15H,16H2,1-4H3. The first-order valence-electron chi connectivity index (χ1n) is 9.60. The van der Waals surface area contributed by atoms with Gasteiger partial charge >= 0.3 is 5.97 Å². The summed E-state index contributed by atoms with van der Waals surface area (Å²) in [6, 6.07) is 15.7. The van der Waals surface area contributed by atoms with Crippen LogP contribution < -0.4 is 9.64 Å². The lowest BCUT2D eigenvalue weighted by Crippen LogP contribution is -2.24. The first-order valence-corrected chi connectivity index (χ1v) is 9.60. The van der Waals surface area contributed by atoms with Crippen molar-refractivity contribution in [1.29, 1.82) is 0 Å². The molecule has 0 aliphatic heterocycles. The average molecular weight is 408 g/mol. The van der Waals surface area contributed by atoms with Crippen molar-refractivity contribution in [2.75, 3.05) is 12.0 Å². The molecule has 0 fully saturated rings. The lowest BCUT2D eigenvalue weighted by atomic mass is 10.1. The summed E-state index contributed by atoms with van der Waals surface area (Å²) in [5.74, 6) is -0.705. The Bertz CT molecular complexity index is 1020. The number of ether oxygens (including phenoxy) is 2. The maximum absolute atomic E-state index is 14.4. The average Bonchev–Trinajstić information content (AvgIpc) is 2.71. The summed E-state index contributed by atoms with van der Waals surface area (Å²) in [6.07, 6.45) is 3.45. The maximum Gasteiger partial charge on any atom is 0.338 e. The van der Waals surface area contributed by atoms with E-state index in [0.717, 1.165) is 11.3 Å². The molecule has 6 heteroatoms. The highest BCUT2D eigenvalue weighted by Gasteiger charge is 2.20. The number of nitrogens with zero attached hydrogens (tertiary/aromatic N) is 2. The van der Waals surface area contributed by atoms with Crippen LogP contribution in [0.2, 0.25) is 0 Å². The lowest BCUT2D eigenvalue weighted by molar-refractivity contribution is 0.00695. The van der Waals surface area contributed by atoms with Crippen LogP contribution in [0.25, 0.3) is 0 Å². The monoisotopic (exact) mass is 408 g/mol. The van der Waals surface area contributed by atoms with Crippen molar-refractivity contribution in [3.8, 4) is 5.75 Å². The van der Waals surface area contributed by atoms with E-state index in [9.17, 15) is 9.18 Å². The molecular weight excluding hydrogens is 383 g/mol. The minimum atomic E-state index is -0.596. The van der Waals surface area contributed by atoms with Gasteiger partial charge in [0.2, 0.25) is 0 Å². The van der Waals surface area contributed by atoms with Gasteiger partial charge in [-0.25, -0.2) is 9.18 Å². The van der Waals surface area contributed by atoms with Gasteiger partial charge in [0.25, 0.3) is 0 Å². The number of esters is 1. The molecule has 0 unspecified atom stereocenters. The molecule has 0 N–H and O–H groups in total. The van der Waals surface area contributed by atoms with Crippen LogP contribution in [0, 0.1) is 5.82 Å². The smallest absolute Gasteiger partial charge is 0.338 e. The first kappa shape index (κ1) is 21.3. The molecule has 1 heterocycles. The number of carbonyl (C=O) groups excluding carboxylic acids is 1. The van der Waals surface area contributed by atoms with Gasteiger partial charge in [0.05, 0.1) is 12.7 Å². The second-order valence-electron chi connectivity index (χ2n) is 7.82. The van der Waals surface area contributed by atoms with Gasteiger partial charge in [-0.15, -0.1) is 0 Å². The van der Waals surface area contributed by atoms with Gasteiger partial charge in [-0.05, 0) is 62.7 Å². The molecule has 30 heavy (non-hydrogen) atoms. The molecule has 0 bridgehead atoms. The molecule has 0 amide bonds. The van der Waals surface area contributed by atoms with Crippen LogP contribution in [0.3, 0.4) is 0 Å². The molecular formula is C24H25FN2O3. The molecule has 0 radical (unpaired) electrons. The third-order valence-corrected chi connectivity index (χ3v) is 4.30. The number of rotatable bonds is 6. The van der Waals surface area contributed by atoms with Crippen LogP contribution >= 0.6 is 0 Å². The van der Waals surface area contributed by atoms with Gasteiger partial charge < -0.3 is 14.4 Å². The third-order valence-electron chi connectivity index (χ3n) is 4.30. The predicted molar refractivity (Wildman–Crippen MR) is 115 cm³/mol. The van der Waals surface area contributed by atoms with Crippen molar-refractivity contribution in [2.24, 2.45) is 0 Å². The summed E-state index contributed by atoms with van der Waals surface area (Å²) < 4.78 is 24.9. The molecule has 1 aromatic heterocycles. The van der Waals surface area contributed by atoms with Crippen molar-refractivity contribution in [3.05, 3.63) is 83.9 Å². The third kappa shape index (κ3) is 5.35. The Hall–Kier alpha value is -3.41. The molecule has 0 saturated heterocycles. The van der Waals surface area contributed by atoms with E-state index in [4.69, 9.17) is 9.47 Å². The number of aromatic nitrogens is 1. The molecule has 2 aromatic carbocycles. The molecule has 3 rings (SSSR count). The van der Waals surface area contributed by atoms with E-state index in [-0.39, 0.29) is 5.75 Å². The molecule has 0 aliphatic carbocycles. The zero-order valence-electron chi connectivity index (χ0n) is 17.6. The van der Waals surface area contributed by atoms with Gasteiger partial charge in [0, 0.05) is 36.4 Å². The summed E-state index contributed by atoms with van der Waals surface area (Å²) in [5.41, 5.74) is 2.12. The molecule has 0 spiro atoms. The van der Waals surface area contributed by atoms with Crippen LogP contribution in [-0.2, 0) is 11.3 Å². The Morgan fingerprint density at radius 1 is 1.07 bits per heavy atom. The highest BCUT2D eigenvalue weighted by Crippen LogP contribution is 2.31. The largest absolute Gasteiger partial charge is 0.494 e. The van der Waals surface area contributed by atoms with E-state index < -0.39 is 17.4 Å². The number of anilines is 2. The molecule has 0 atom stereocenters. The maximum atomic E-state index is 14.4. The highest BCUT2D eigenvalue weighted by atomic mass is 19.1. The van der Waals surface area contributed by atoms with Crippen molar-refractivity contribution in [1.82, 2.24) is 4.98 Å². The quantitative estimate of drug-likeness (QED) is 0.503. The normalized spacial score (nSPS) is 11.1. The van der Waals surface area contributed by atoms with E-state index in [1.165, 1.54) is 13.2 Å². The zero-order chi connectivity index (χ0) is 21.7. The van der Waals surface area contributed by atoms with Gasteiger partial charge in [-0.3, -0.25) is 4.98 Å². The van der Waals surface area contributed by atoms with Crippen LogP contribution in [0.15, 0.2) is 67.0 Å². The number of hydrogen-bond donors (Lipinski definition) is 0. The van der Waals surface area contributed by atoms with E-state index in [2.05, 4.69) is 4.98 Å². The van der Waals surface area contributed by atoms with E-state index in [1.807, 2.05) is 43.9 Å². The van der Waals surface area contributed by atoms with Crippen molar-refractivity contribution >= 4 is 17.3 Å². The van der Waals surface area contributed by atoms with Gasteiger partial charge in [-0.1, -0.05) is 12.1 Å². The van der Waals surface area contributed by atoms with Crippen LogP contribution in [-0.4, -0.2) is 23.7 Å². The van der Waals surface area contributed by atoms with E-state index in [0.29, 0.717) is 17.8 Å². The van der Waals surface area contributed by atoms with Gasteiger partial charge in [0.15, 0.2) is 11.6 Å². The Balaban J connectivity index is 2.01. The predicted octanol–water partition coefficient (Wildman–Crippen LogP) is 5.52. The van der Waals surface area contributed by atoms with Crippen molar-refractivity contribution < 1.29 is 18.7 Å². The number of benzene rings is 2. The van der Waals surface area contributed by atoms with E-state index in [1.54, 1.807) is 42.7 Å². The molecule has 5 nitrogen and oxygen atoms in total. The number of carbonyl (C=O) groups is 1. The fourth-order valence-corrected chi connectivity index (χ4v) is 2.97. The topological polar surface area (TPSA) is 51.7 Å². The van der Waals surface area contributed by atoms with Crippen LogP contribution in [0.5, 0.6) is 5.75 Å². The fraction of sp³-hybridized carbons (Fsp3) is 0.250. The summed E-state index contributed by atoms with van der Waals surface area (Å²) in [6.45, 7) is 5.91. The van der Waals surface area contributed by atoms with Gasteiger partial charge in [0.1, 0.15) is 5.60 Å². The van der Waals surface area contributed by atoms with Crippen LogP contribution in [0.1, 0.15) is 36.7 Å². The Kier molecular flexibility index (Phi) is 6.35. The second-order valence-corrected chi connectivity index (χ2v) is 7.82. The molecule has 3 aromatic rings. The number of halogens is 1. The second kappa shape index (κ2) is 8.95. The molecule has 0 saturated carbocycles. The number of pyridine rings is 1. The Morgan fingerprint density at radius 3 is 2.47 bits per heavy atom. The van der Waals surface area contributed by atoms with Crippen LogP contribution in [0.4, 0.5) is 15.8 Å². The lowest BCUT2D eigenvalue weighted by Gasteiger charge is -2.26. The highest BCUT2D eigenvalue weighted by molar-refractivity contribution is 5.91. The molecule has 0 aliphatic rings. The van der Waals surface area contributed by atoms with E-state index >= 15 is 0 Å². The van der Waals surface area contributed by atoms with Gasteiger partial charge in [-0.2, -0.15) is 0 Å². The Morgan fingerprint density at radius 2 is 1.83 bits per heavy atom. The van der Waals surface area contributed by atoms with Crippen molar-refractivity contribution in [3.63, 3.8) is 0 Å². The number of hydrogen-bond acceptors (Lipinski definition) is 5. The summed E-state index contributed by atoms with van der Waals surface area (Å²) >= 11 is 0. The van der Waals surface area contributed by atoms with Crippen molar-refractivity contribution in [2.45, 2.75) is 32.9 Å². The summed E-state index contributed by atoms with van der Waals surface area (Å²) in [7, 11) is 1.43. The molecule has 156 valence electrons. The SMILES string of the molecule is COc1ccc(N(Cc2cccnc2)c2cccc(C(=O)OC(C)(C)C)c2)cc1F.